The second kappa shape index (κ2) is 9.41. The summed E-state index contributed by atoms with van der Waals surface area (Å²) < 4.78 is 8.57. The number of carbonyl (C=O) groups is 1. The molecule has 1 fully saturated rings. The number of benzene rings is 2. The van der Waals surface area contributed by atoms with E-state index in [-0.39, 0.29) is 24.6 Å². The molecular weight excluding hydrogens is 456 g/mol. The Morgan fingerprint density at radius 2 is 1.89 bits per heavy atom. The van der Waals surface area contributed by atoms with Crippen molar-refractivity contribution in [3.05, 3.63) is 88.6 Å². The van der Waals surface area contributed by atoms with Gasteiger partial charge in [0.15, 0.2) is 5.82 Å². The largest absolute Gasteiger partial charge is 0.355 e. The smallest absolute Gasteiger partial charge is 0.278 e. The Bertz CT molecular complexity index is 1600. The van der Waals surface area contributed by atoms with Crippen molar-refractivity contribution in [1.29, 1.82) is 0 Å². The number of aryl methyl sites for hydroxylation is 1. The number of nitrogens with one attached hydrogen (secondary N) is 1. The zero-order valence-corrected chi connectivity index (χ0v) is 19.8. The minimum Gasteiger partial charge on any atom is -0.355 e. The Morgan fingerprint density at radius 3 is 2.72 bits per heavy atom. The van der Waals surface area contributed by atoms with E-state index in [9.17, 15) is 9.59 Å². The van der Waals surface area contributed by atoms with Crippen LogP contribution >= 0.6 is 0 Å². The molecule has 0 bridgehead atoms. The number of rotatable bonds is 9. The molecule has 3 aromatic heterocycles. The van der Waals surface area contributed by atoms with Gasteiger partial charge >= 0.3 is 0 Å². The molecule has 1 aliphatic rings. The summed E-state index contributed by atoms with van der Waals surface area (Å²) in [4.78, 5) is 35.4. The normalized spacial score (nSPS) is 13.4. The van der Waals surface area contributed by atoms with Gasteiger partial charge in [0.2, 0.25) is 11.8 Å². The van der Waals surface area contributed by atoms with E-state index < -0.39 is 0 Å². The van der Waals surface area contributed by atoms with E-state index in [1.807, 2.05) is 42.5 Å². The third-order valence-electron chi connectivity index (χ3n) is 6.57. The summed E-state index contributed by atoms with van der Waals surface area (Å²) in [6, 6.07) is 17.8. The van der Waals surface area contributed by atoms with Crippen molar-refractivity contribution in [2.45, 2.75) is 44.7 Å². The van der Waals surface area contributed by atoms with Crippen LogP contribution < -0.4 is 10.9 Å². The Morgan fingerprint density at radius 1 is 1.08 bits per heavy atom. The molecule has 182 valence electrons. The average molecular weight is 483 g/mol. The first kappa shape index (κ1) is 22.2. The number of fused-ring (bicyclic) bond motifs is 3. The van der Waals surface area contributed by atoms with Gasteiger partial charge < -0.3 is 14.4 Å². The van der Waals surface area contributed by atoms with Crippen molar-refractivity contribution in [2.24, 2.45) is 0 Å². The minimum absolute atomic E-state index is 0.0304. The Labute approximate surface area is 206 Å². The molecule has 9 heteroatoms. The van der Waals surface area contributed by atoms with E-state index in [1.165, 1.54) is 16.5 Å². The van der Waals surface area contributed by atoms with E-state index in [1.54, 1.807) is 4.57 Å². The van der Waals surface area contributed by atoms with Crippen LogP contribution in [0.1, 0.15) is 42.5 Å². The molecule has 0 spiro atoms. The van der Waals surface area contributed by atoms with Crippen molar-refractivity contribution >= 4 is 27.8 Å². The fraction of sp³-hybridized carbons (Fsp3) is 0.296. The molecule has 2 aromatic carbocycles. The minimum atomic E-state index is -0.251. The number of hydrogen-bond acceptors (Lipinski definition) is 6. The molecule has 9 nitrogen and oxygen atoms in total. The van der Waals surface area contributed by atoms with Gasteiger partial charge in [-0.3, -0.25) is 14.2 Å². The van der Waals surface area contributed by atoms with Crippen molar-refractivity contribution in [3.8, 4) is 0 Å². The van der Waals surface area contributed by atoms with Crippen LogP contribution in [0.15, 0.2) is 70.2 Å². The zero-order valence-electron chi connectivity index (χ0n) is 19.8. The van der Waals surface area contributed by atoms with E-state index in [4.69, 9.17) is 4.52 Å². The predicted octanol–water partition coefficient (Wildman–Crippen LogP) is 3.41. The zero-order chi connectivity index (χ0) is 24.5. The van der Waals surface area contributed by atoms with Crippen LogP contribution in [0.2, 0.25) is 0 Å². The lowest BCUT2D eigenvalue weighted by Gasteiger charge is -2.09. The van der Waals surface area contributed by atoms with Gasteiger partial charge in [0.05, 0.1) is 11.8 Å². The van der Waals surface area contributed by atoms with Crippen LogP contribution in [0, 0.1) is 0 Å². The summed E-state index contributed by atoms with van der Waals surface area (Å²) in [5.74, 6) is 1.30. The fourth-order valence-corrected chi connectivity index (χ4v) is 4.58. The van der Waals surface area contributed by atoms with Crippen LogP contribution in [-0.4, -0.2) is 36.7 Å². The molecule has 1 N–H and O–H groups in total. The first-order valence-electron chi connectivity index (χ1n) is 12.3. The van der Waals surface area contributed by atoms with Crippen molar-refractivity contribution < 1.29 is 9.32 Å². The third-order valence-corrected chi connectivity index (χ3v) is 6.57. The Kier molecular flexibility index (Phi) is 5.80. The first-order chi connectivity index (χ1) is 17.7. The number of para-hydroxylation sites is 1. The summed E-state index contributed by atoms with van der Waals surface area (Å²) in [6.45, 7) is 0.727. The van der Waals surface area contributed by atoms with Crippen molar-refractivity contribution in [3.63, 3.8) is 0 Å². The van der Waals surface area contributed by atoms with Gasteiger partial charge in [-0.15, -0.1) is 0 Å². The van der Waals surface area contributed by atoms with Crippen molar-refractivity contribution in [1.82, 2.24) is 29.6 Å². The van der Waals surface area contributed by atoms with E-state index >= 15 is 0 Å². The molecule has 1 saturated carbocycles. The standard InChI is InChI=1S/C27H26N6O3/c34-22(28-14-6-9-18-7-2-1-3-8-18)15-33-21-11-5-4-10-20(21)24-25(33)27(35)32(17-29-24)16-23-30-26(31-36-23)19-12-13-19/h1-5,7-8,10-11,17,19H,6,9,12-16H2,(H,28,34). The van der Waals surface area contributed by atoms with Crippen LogP contribution in [0.3, 0.4) is 0 Å². The van der Waals surface area contributed by atoms with E-state index in [0.29, 0.717) is 35.2 Å². The molecule has 6 rings (SSSR count). The molecule has 36 heavy (non-hydrogen) atoms. The Hall–Kier alpha value is -4.27. The van der Waals surface area contributed by atoms with Crippen LogP contribution in [-0.2, 0) is 24.3 Å². The Balaban J connectivity index is 1.24. The lowest BCUT2D eigenvalue weighted by atomic mass is 10.1. The van der Waals surface area contributed by atoms with Gasteiger partial charge in [-0.25, -0.2) is 4.98 Å². The summed E-state index contributed by atoms with van der Waals surface area (Å²) in [6.07, 6.45) is 5.38. The monoisotopic (exact) mass is 482 g/mol. The van der Waals surface area contributed by atoms with Crippen molar-refractivity contribution in [2.75, 3.05) is 6.54 Å². The number of aromatic nitrogens is 5. The van der Waals surface area contributed by atoms with E-state index in [2.05, 4.69) is 32.6 Å². The number of amides is 1. The third kappa shape index (κ3) is 4.39. The molecule has 0 aliphatic heterocycles. The maximum absolute atomic E-state index is 13.6. The second-order valence-electron chi connectivity index (χ2n) is 9.24. The number of hydrogen-bond donors (Lipinski definition) is 1. The topological polar surface area (TPSA) is 108 Å². The van der Waals surface area contributed by atoms with Crippen LogP contribution in [0.5, 0.6) is 0 Å². The van der Waals surface area contributed by atoms with Gasteiger partial charge in [-0.05, 0) is 37.3 Å². The van der Waals surface area contributed by atoms with Gasteiger partial charge in [0.1, 0.15) is 24.1 Å². The quantitative estimate of drug-likeness (QED) is 0.323. The van der Waals surface area contributed by atoms with Crippen LogP contribution in [0.4, 0.5) is 0 Å². The number of carbonyl (C=O) groups excluding carboxylic acids is 1. The molecule has 3 heterocycles. The number of nitrogens with zero attached hydrogens (tertiary/aromatic N) is 5. The van der Waals surface area contributed by atoms with Gasteiger partial charge in [0, 0.05) is 17.8 Å². The summed E-state index contributed by atoms with van der Waals surface area (Å²) >= 11 is 0. The summed E-state index contributed by atoms with van der Waals surface area (Å²) in [5, 5.41) is 7.86. The maximum atomic E-state index is 13.6. The second-order valence-corrected chi connectivity index (χ2v) is 9.24. The van der Waals surface area contributed by atoms with Gasteiger partial charge in [-0.2, -0.15) is 4.98 Å². The van der Waals surface area contributed by atoms with Crippen LogP contribution in [0.25, 0.3) is 21.9 Å². The molecule has 0 atom stereocenters. The highest BCUT2D eigenvalue weighted by atomic mass is 16.5. The summed E-state index contributed by atoms with van der Waals surface area (Å²) in [5.41, 5.74) is 2.75. The summed E-state index contributed by atoms with van der Waals surface area (Å²) in [7, 11) is 0. The van der Waals surface area contributed by atoms with Gasteiger partial charge in [0.25, 0.3) is 5.56 Å². The molecule has 1 amide bonds. The maximum Gasteiger partial charge on any atom is 0.278 e. The highest BCUT2D eigenvalue weighted by molar-refractivity contribution is 6.06. The molecule has 5 aromatic rings. The fourth-order valence-electron chi connectivity index (χ4n) is 4.58. The predicted molar refractivity (Wildman–Crippen MR) is 135 cm³/mol. The molecule has 0 radical (unpaired) electrons. The average Bonchev–Trinajstić information content (AvgIpc) is 3.57. The lowest BCUT2D eigenvalue weighted by Crippen LogP contribution is -2.30. The lowest BCUT2D eigenvalue weighted by molar-refractivity contribution is -0.121. The highest BCUT2D eigenvalue weighted by Gasteiger charge is 2.29. The molecule has 1 aliphatic carbocycles. The SMILES string of the molecule is O=C(Cn1c2ccccc2c2ncn(Cc3nc(C4CC4)no3)c(=O)c21)NCCCc1ccccc1. The van der Waals surface area contributed by atoms with E-state index in [0.717, 1.165) is 36.6 Å². The molecule has 0 saturated heterocycles. The molecular formula is C27H26N6O3. The first-order valence-corrected chi connectivity index (χ1v) is 12.3. The highest BCUT2D eigenvalue weighted by Crippen LogP contribution is 2.38. The molecule has 0 unspecified atom stereocenters. The van der Waals surface area contributed by atoms with Gasteiger partial charge in [-0.1, -0.05) is 53.7 Å².